The maximum Gasteiger partial charge on any atom is 0.647 e. The molecule has 3 aromatic carbocycles. The quantitative estimate of drug-likeness (QED) is 0.158. The van der Waals surface area contributed by atoms with Crippen molar-refractivity contribution < 1.29 is 18.1 Å². The van der Waals surface area contributed by atoms with E-state index in [1.807, 2.05) is 18.2 Å². The molecule has 0 fully saturated rings. The Morgan fingerprint density at radius 3 is 1.13 bits per heavy atom. The largest absolute Gasteiger partial charge is 0.647 e. The van der Waals surface area contributed by atoms with Crippen molar-refractivity contribution in [2.24, 2.45) is 0 Å². The van der Waals surface area contributed by atoms with Gasteiger partial charge in [0.2, 0.25) is 0 Å². The van der Waals surface area contributed by atoms with E-state index >= 15 is 0 Å². The third-order valence-corrected chi connectivity index (χ3v) is 9.69. The molecule has 0 aliphatic heterocycles. The molecule has 0 atom stereocenters. The normalized spacial score (nSPS) is 12.1. The van der Waals surface area contributed by atoms with Crippen LogP contribution in [0.3, 0.4) is 0 Å². The van der Waals surface area contributed by atoms with Crippen molar-refractivity contribution in [1.29, 1.82) is 0 Å². The molecule has 0 N–H and O–H groups in total. The molecular weight excluding hydrogens is 771 g/mol. The lowest BCUT2D eigenvalue weighted by atomic mass is 10.2. The summed E-state index contributed by atoms with van der Waals surface area (Å²) in [5, 5.41) is 2.72. The molecular formula is C24H12Br3Cl3N3O4P. The third kappa shape index (κ3) is 4.54. The highest BCUT2D eigenvalue weighted by molar-refractivity contribution is 9.08. The second-order valence-corrected chi connectivity index (χ2v) is 13.0. The minimum absolute atomic E-state index is 0.174. The average Bonchev–Trinajstić information content (AvgIpc) is 3.47. The lowest BCUT2D eigenvalue weighted by Crippen LogP contribution is -2.07. The average molecular weight is 783 g/mol. The van der Waals surface area contributed by atoms with Crippen LogP contribution in [0.1, 0.15) is 0 Å². The highest BCUT2D eigenvalue weighted by atomic mass is 79.9. The summed E-state index contributed by atoms with van der Waals surface area (Å²) in [7, 11) is -4.50. The zero-order valence-corrected chi connectivity index (χ0v) is 26.5. The van der Waals surface area contributed by atoms with Gasteiger partial charge in [0.25, 0.3) is 0 Å². The van der Waals surface area contributed by atoms with Gasteiger partial charge < -0.3 is 13.6 Å². The number of phosphoric acid groups is 1. The zero-order valence-electron chi connectivity index (χ0n) is 18.6. The van der Waals surface area contributed by atoms with Gasteiger partial charge in [0.15, 0.2) is 17.2 Å². The van der Waals surface area contributed by atoms with Crippen LogP contribution in [-0.2, 0) is 4.57 Å². The first-order chi connectivity index (χ1) is 18.1. The van der Waals surface area contributed by atoms with Crippen molar-refractivity contribution >= 4 is 124 Å². The van der Waals surface area contributed by atoms with Crippen molar-refractivity contribution in [3.05, 3.63) is 88.3 Å². The van der Waals surface area contributed by atoms with Crippen molar-refractivity contribution in [2.45, 2.75) is 0 Å². The Morgan fingerprint density at radius 1 is 0.553 bits per heavy atom. The predicted octanol–water partition coefficient (Wildman–Crippen LogP) is 10.6. The summed E-state index contributed by atoms with van der Waals surface area (Å²) in [6.45, 7) is 0. The van der Waals surface area contributed by atoms with Gasteiger partial charge in [-0.3, -0.25) is 10.8 Å². The molecule has 0 saturated heterocycles. The summed E-state index contributed by atoms with van der Waals surface area (Å²) in [6.07, 6.45) is 4.74. The molecule has 0 bridgehead atoms. The monoisotopic (exact) mass is 779 g/mol. The van der Waals surface area contributed by atoms with Gasteiger partial charge >= 0.3 is 7.82 Å². The van der Waals surface area contributed by atoms with Gasteiger partial charge in [-0.1, -0.05) is 53.0 Å². The Balaban J connectivity index is 1.52. The molecule has 0 radical (unpaired) electrons. The lowest BCUT2D eigenvalue weighted by molar-refractivity contribution is 0.302. The van der Waals surface area contributed by atoms with Crippen molar-refractivity contribution in [3.63, 3.8) is 0 Å². The van der Waals surface area contributed by atoms with Crippen LogP contribution in [0.5, 0.6) is 17.2 Å². The fourth-order valence-corrected chi connectivity index (χ4v) is 7.62. The summed E-state index contributed by atoms with van der Waals surface area (Å²) < 4.78 is 37.6. The van der Waals surface area contributed by atoms with Gasteiger partial charge in [-0.15, -0.1) is 0 Å². The van der Waals surface area contributed by atoms with E-state index in [9.17, 15) is 4.57 Å². The van der Waals surface area contributed by atoms with E-state index in [0.29, 0.717) is 47.8 Å². The second kappa shape index (κ2) is 10.0. The van der Waals surface area contributed by atoms with Crippen molar-refractivity contribution in [2.75, 3.05) is 0 Å². The van der Waals surface area contributed by atoms with Crippen LogP contribution in [0.2, 0.25) is 15.1 Å². The SMILES string of the molecule is O=P(Oc1cn(Br)c2cccc(Cl)c12)(Oc1cn(Br)c2cccc(Cl)c12)Oc1cn(Br)c2cccc(Cl)c12. The number of nitrogens with zero attached hydrogens (tertiary/aromatic N) is 3. The molecule has 0 saturated carbocycles. The van der Waals surface area contributed by atoms with Crippen molar-refractivity contribution in [3.8, 4) is 17.2 Å². The standard InChI is InChI=1S/C24H12Br3Cl3N3O4P/c25-31-10-19(22-13(28)4-1-7-16(22)31)35-38(34,36-20-11-32(26)17-8-2-5-14(29)23(17)20)37-21-12-33(27)18-9-3-6-15(30)24(18)21/h1-12H. The van der Waals surface area contributed by atoms with Crippen LogP contribution in [-0.4, -0.2) is 10.8 Å². The van der Waals surface area contributed by atoms with E-state index in [1.165, 1.54) is 0 Å². The highest BCUT2D eigenvalue weighted by Gasteiger charge is 2.37. The third-order valence-electron chi connectivity index (χ3n) is 5.73. The molecule has 38 heavy (non-hydrogen) atoms. The van der Waals surface area contributed by atoms with Crippen LogP contribution in [0.15, 0.2) is 73.2 Å². The minimum Gasteiger partial charge on any atom is -0.384 e. The van der Waals surface area contributed by atoms with E-state index in [2.05, 4.69) is 48.4 Å². The van der Waals surface area contributed by atoms with Crippen molar-refractivity contribution in [1.82, 2.24) is 10.8 Å². The molecule has 14 heteroatoms. The summed E-state index contributed by atoms with van der Waals surface area (Å²) in [4.78, 5) is 0. The Hall–Kier alpha value is -1.78. The second-order valence-electron chi connectivity index (χ2n) is 8.04. The molecule has 0 aliphatic carbocycles. The van der Waals surface area contributed by atoms with Crippen LogP contribution < -0.4 is 13.6 Å². The molecule has 194 valence electrons. The molecule has 3 aromatic heterocycles. The summed E-state index contributed by atoms with van der Waals surface area (Å²) in [5.74, 6) is 0.523. The summed E-state index contributed by atoms with van der Waals surface area (Å²) in [6, 6.07) is 16.0. The molecule has 0 unspecified atom stereocenters. The number of halogens is 6. The fraction of sp³-hybridized carbons (Fsp3) is 0. The Kier molecular flexibility index (Phi) is 6.96. The Bertz CT molecular complexity index is 1720. The molecule has 3 heterocycles. The number of hydrogen-bond donors (Lipinski definition) is 0. The van der Waals surface area contributed by atoms with E-state index < -0.39 is 7.82 Å². The Labute approximate surface area is 256 Å². The van der Waals surface area contributed by atoms with Gasteiger partial charge in [0.1, 0.15) is 0 Å². The van der Waals surface area contributed by atoms with E-state index in [4.69, 9.17) is 48.4 Å². The number of aromatic nitrogens is 3. The van der Waals surface area contributed by atoms with Gasteiger partial charge in [-0.25, -0.2) is 0 Å². The highest BCUT2D eigenvalue weighted by Crippen LogP contribution is 2.55. The zero-order chi connectivity index (χ0) is 26.8. The van der Waals surface area contributed by atoms with Crippen LogP contribution in [0.4, 0.5) is 0 Å². The first-order valence-corrected chi connectivity index (χ1v) is 15.4. The number of benzene rings is 3. The number of hydrogen-bond acceptors (Lipinski definition) is 4. The molecule has 6 aromatic rings. The molecule has 0 aliphatic rings. The molecule has 0 amide bonds. The number of fused-ring (bicyclic) bond motifs is 3. The molecule has 0 spiro atoms. The number of phosphoric ester groups is 1. The minimum atomic E-state index is -4.50. The van der Waals surface area contributed by atoms with Crippen LogP contribution in [0, 0.1) is 0 Å². The lowest BCUT2D eigenvalue weighted by Gasteiger charge is -2.18. The topological polar surface area (TPSA) is 59.6 Å². The predicted molar refractivity (Wildman–Crippen MR) is 163 cm³/mol. The maximum absolute atomic E-state index is 14.5. The summed E-state index contributed by atoms with van der Waals surface area (Å²) >= 11 is 29.8. The smallest absolute Gasteiger partial charge is 0.384 e. The number of rotatable bonds is 6. The van der Waals surface area contributed by atoms with Gasteiger partial charge in [0.05, 0.1) is 115 Å². The van der Waals surface area contributed by atoms with E-state index in [0.717, 1.165) is 0 Å². The van der Waals surface area contributed by atoms with Crippen LogP contribution >= 0.6 is 91.1 Å². The first kappa shape index (κ1) is 26.4. The molecule has 7 nitrogen and oxygen atoms in total. The van der Waals surface area contributed by atoms with E-state index in [-0.39, 0.29) is 17.2 Å². The Morgan fingerprint density at radius 2 is 0.842 bits per heavy atom. The first-order valence-electron chi connectivity index (χ1n) is 10.7. The van der Waals surface area contributed by atoms with Gasteiger partial charge in [-0.2, -0.15) is 4.57 Å². The van der Waals surface area contributed by atoms with Gasteiger partial charge in [-0.05, 0) is 36.4 Å². The molecule has 6 rings (SSSR count). The van der Waals surface area contributed by atoms with Crippen LogP contribution in [0.25, 0.3) is 32.7 Å². The summed E-state index contributed by atoms with van der Waals surface area (Å²) in [5.41, 5.74) is 2.08. The maximum atomic E-state index is 14.5. The van der Waals surface area contributed by atoms with E-state index in [1.54, 1.807) is 65.8 Å². The fourth-order valence-electron chi connectivity index (χ4n) is 4.14. The van der Waals surface area contributed by atoms with Gasteiger partial charge in [0, 0.05) is 0 Å².